The fourth-order valence-electron chi connectivity index (χ4n) is 2.91. The molecule has 104 valence electrons. The molecule has 0 bridgehead atoms. The Morgan fingerprint density at radius 2 is 1.95 bits per heavy atom. The third-order valence-electron chi connectivity index (χ3n) is 3.97. The van der Waals surface area contributed by atoms with Crippen LogP contribution in [0.1, 0.15) is 16.7 Å². The van der Waals surface area contributed by atoms with Crippen molar-refractivity contribution in [3.8, 4) is 0 Å². The van der Waals surface area contributed by atoms with E-state index in [1.165, 1.54) is 17.0 Å². The molecule has 0 unspecified atom stereocenters. The summed E-state index contributed by atoms with van der Waals surface area (Å²) in [5, 5.41) is 0. The van der Waals surface area contributed by atoms with Crippen LogP contribution in [0.25, 0.3) is 11.3 Å². The van der Waals surface area contributed by atoms with Crippen molar-refractivity contribution in [1.29, 1.82) is 0 Å². The molecule has 0 N–H and O–H groups in total. The first-order chi connectivity index (χ1) is 10.2. The second-order valence-electron chi connectivity index (χ2n) is 5.18. The third kappa shape index (κ3) is 1.62. The summed E-state index contributed by atoms with van der Waals surface area (Å²) in [5.74, 6) is 0.0235. The summed E-state index contributed by atoms with van der Waals surface area (Å²) in [5.41, 5.74) is 3.69. The SMILES string of the molecule is CN1C(=O)/C(=C2/OCc3ccccc32)c2cc(F)ccc21. The van der Waals surface area contributed by atoms with Gasteiger partial charge in [-0.15, -0.1) is 0 Å². The molecule has 21 heavy (non-hydrogen) atoms. The molecule has 0 saturated heterocycles. The average molecular weight is 281 g/mol. The van der Waals surface area contributed by atoms with Crippen molar-refractivity contribution in [2.24, 2.45) is 0 Å². The van der Waals surface area contributed by atoms with Crippen LogP contribution in [-0.4, -0.2) is 13.0 Å². The van der Waals surface area contributed by atoms with E-state index in [4.69, 9.17) is 4.74 Å². The minimum absolute atomic E-state index is 0.165. The van der Waals surface area contributed by atoms with Gasteiger partial charge in [-0.05, 0) is 18.2 Å². The van der Waals surface area contributed by atoms with Crippen LogP contribution in [0.15, 0.2) is 42.5 Å². The highest BCUT2D eigenvalue weighted by Crippen LogP contribution is 2.43. The number of carbonyl (C=O) groups is 1. The number of likely N-dealkylation sites (N-methyl/N-ethyl adjacent to an activating group) is 1. The molecule has 1 amide bonds. The first kappa shape index (κ1) is 12.1. The Morgan fingerprint density at radius 3 is 2.81 bits per heavy atom. The summed E-state index contributed by atoms with van der Waals surface area (Å²) in [7, 11) is 1.69. The zero-order valence-electron chi connectivity index (χ0n) is 11.4. The zero-order valence-corrected chi connectivity index (χ0v) is 11.4. The second-order valence-corrected chi connectivity index (χ2v) is 5.18. The van der Waals surface area contributed by atoms with Crippen molar-refractivity contribution in [2.75, 3.05) is 11.9 Å². The highest BCUT2D eigenvalue weighted by Gasteiger charge is 2.36. The summed E-state index contributed by atoms with van der Waals surface area (Å²) in [4.78, 5) is 14.1. The van der Waals surface area contributed by atoms with Gasteiger partial charge in [0.2, 0.25) is 0 Å². The van der Waals surface area contributed by atoms with E-state index in [9.17, 15) is 9.18 Å². The minimum atomic E-state index is -0.360. The lowest BCUT2D eigenvalue weighted by atomic mass is 10.0. The molecule has 2 aromatic rings. The maximum atomic E-state index is 13.6. The van der Waals surface area contributed by atoms with Gasteiger partial charge in [0, 0.05) is 23.7 Å². The molecule has 4 heteroatoms. The molecule has 2 aliphatic heterocycles. The molecule has 0 atom stereocenters. The van der Waals surface area contributed by atoms with E-state index in [1.54, 1.807) is 13.1 Å². The van der Waals surface area contributed by atoms with Crippen molar-refractivity contribution in [2.45, 2.75) is 6.61 Å². The molecule has 0 fully saturated rings. The number of hydrogen-bond acceptors (Lipinski definition) is 2. The third-order valence-corrected chi connectivity index (χ3v) is 3.97. The first-order valence-electron chi connectivity index (χ1n) is 6.70. The molecule has 0 spiro atoms. The van der Waals surface area contributed by atoms with Crippen LogP contribution in [0, 0.1) is 5.82 Å². The number of ether oxygens (including phenoxy) is 1. The van der Waals surface area contributed by atoms with Gasteiger partial charge >= 0.3 is 0 Å². The molecule has 0 aliphatic carbocycles. The number of amides is 1. The number of halogens is 1. The summed E-state index contributed by atoms with van der Waals surface area (Å²) >= 11 is 0. The fourth-order valence-corrected chi connectivity index (χ4v) is 2.91. The number of anilines is 1. The van der Waals surface area contributed by atoms with Gasteiger partial charge in [-0.2, -0.15) is 0 Å². The zero-order chi connectivity index (χ0) is 14.6. The number of rotatable bonds is 0. The lowest BCUT2D eigenvalue weighted by Gasteiger charge is -2.08. The molecule has 2 aliphatic rings. The van der Waals surface area contributed by atoms with Crippen LogP contribution < -0.4 is 4.90 Å². The fraction of sp³-hybridized carbons (Fsp3) is 0.118. The van der Waals surface area contributed by atoms with Crippen LogP contribution in [0.4, 0.5) is 10.1 Å². The van der Waals surface area contributed by atoms with Gasteiger partial charge in [0.1, 0.15) is 18.2 Å². The molecule has 3 nitrogen and oxygen atoms in total. The Bertz CT molecular complexity index is 810. The topological polar surface area (TPSA) is 29.5 Å². The van der Waals surface area contributed by atoms with Gasteiger partial charge in [0.05, 0.1) is 11.3 Å². The van der Waals surface area contributed by atoms with Gasteiger partial charge in [0.15, 0.2) is 0 Å². The summed E-state index contributed by atoms with van der Waals surface area (Å²) < 4.78 is 19.3. The van der Waals surface area contributed by atoms with Crippen molar-refractivity contribution in [3.05, 3.63) is 65.0 Å². The first-order valence-corrected chi connectivity index (χ1v) is 6.70. The number of benzene rings is 2. The monoisotopic (exact) mass is 281 g/mol. The number of hydrogen-bond donors (Lipinski definition) is 0. The van der Waals surface area contributed by atoms with Gasteiger partial charge < -0.3 is 9.64 Å². The van der Waals surface area contributed by atoms with E-state index in [-0.39, 0.29) is 11.7 Å². The number of nitrogens with zero attached hydrogens (tertiary/aromatic N) is 1. The van der Waals surface area contributed by atoms with E-state index in [0.29, 0.717) is 29.2 Å². The number of carbonyl (C=O) groups excluding carboxylic acids is 1. The molecule has 0 saturated carbocycles. The van der Waals surface area contributed by atoms with Gasteiger partial charge in [0.25, 0.3) is 5.91 Å². The van der Waals surface area contributed by atoms with Crippen LogP contribution >= 0.6 is 0 Å². The predicted octanol–water partition coefficient (Wildman–Crippen LogP) is 3.20. The normalized spacial score (nSPS) is 19.5. The molecule has 4 rings (SSSR count). The van der Waals surface area contributed by atoms with Crippen molar-refractivity contribution < 1.29 is 13.9 Å². The van der Waals surface area contributed by atoms with E-state index >= 15 is 0 Å². The summed E-state index contributed by atoms with van der Waals surface area (Å²) in [6.07, 6.45) is 0. The van der Waals surface area contributed by atoms with Crippen molar-refractivity contribution in [1.82, 2.24) is 0 Å². The molecular formula is C17H12FNO2. The quantitative estimate of drug-likeness (QED) is 0.694. The van der Waals surface area contributed by atoms with E-state index in [2.05, 4.69) is 0 Å². The van der Waals surface area contributed by atoms with E-state index in [0.717, 1.165) is 11.1 Å². The Balaban J connectivity index is 2.01. The lowest BCUT2D eigenvalue weighted by Crippen LogP contribution is -2.20. The number of fused-ring (bicyclic) bond motifs is 2. The Hall–Kier alpha value is -2.62. The maximum absolute atomic E-state index is 13.6. The largest absolute Gasteiger partial charge is 0.487 e. The van der Waals surface area contributed by atoms with Crippen LogP contribution in [0.3, 0.4) is 0 Å². The van der Waals surface area contributed by atoms with E-state index < -0.39 is 0 Å². The smallest absolute Gasteiger partial charge is 0.262 e. The van der Waals surface area contributed by atoms with Crippen LogP contribution in [0.5, 0.6) is 0 Å². The average Bonchev–Trinajstić information content (AvgIpc) is 3.00. The highest BCUT2D eigenvalue weighted by atomic mass is 19.1. The highest BCUT2D eigenvalue weighted by molar-refractivity contribution is 6.37. The van der Waals surface area contributed by atoms with Gasteiger partial charge in [-0.3, -0.25) is 4.79 Å². The molecular weight excluding hydrogens is 269 g/mol. The van der Waals surface area contributed by atoms with E-state index in [1.807, 2.05) is 24.3 Å². The molecule has 2 heterocycles. The standard InChI is InChI=1S/C17H12FNO2/c1-19-14-7-6-11(18)8-13(14)15(17(19)20)16-12-5-3-2-4-10(12)9-21-16/h2-8H,9H2,1H3/b16-15+. The summed E-state index contributed by atoms with van der Waals surface area (Å²) in [6.45, 7) is 0.441. The van der Waals surface area contributed by atoms with Crippen LogP contribution in [0.2, 0.25) is 0 Å². The van der Waals surface area contributed by atoms with Gasteiger partial charge in [-0.25, -0.2) is 4.39 Å². The molecule has 2 aromatic carbocycles. The summed E-state index contributed by atoms with van der Waals surface area (Å²) in [6, 6.07) is 12.1. The lowest BCUT2D eigenvalue weighted by molar-refractivity contribution is -0.112. The Morgan fingerprint density at radius 1 is 1.14 bits per heavy atom. The minimum Gasteiger partial charge on any atom is -0.487 e. The Kier molecular flexibility index (Phi) is 2.42. The van der Waals surface area contributed by atoms with Crippen molar-refractivity contribution in [3.63, 3.8) is 0 Å². The Labute approximate surface area is 121 Å². The van der Waals surface area contributed by atoms with Crippen molar-refractivity contribution >= 4 is 22.9 Å². The second kappa shape index (κ2) is 4.19. The molecule has 0 aromatic heterocycles. The van der Waals surface area contributed by atoms with Gasteiger partial charge in [-0.1, -0.05) is 24.3 Å². The molecule has 0 radical (unpaired) electrons. The van der Waals surface area contributed by atoms with Crippen LogP contribution in [-0.2, 0) is 16.1 Å². The maximum Gasteiger partial charge on any atom is 0.262 e. The predicted molar refractivity (Wildman–Crippen MR) is 77.9 cm³/mol.